The molecule has 1 aromatic carbocycles. The Bertz CT molecular complexity index is 889. The van der Waals surface area contributed by atoms with Gasteiger partial charge in [-0.2, -0.15) is 5.26 Å². The maximum absolute atomic E-state index is 15.0. The highest BCUT2D eigenvalue weighted by Gasteiger charge is 2.42. The number of hydrogen-bond acceptors (Lipinski definition) is 6. The number of piperazine rings is 1. The van der Waals surface area contributed by atoms with E-state index in [1.165, 1.54) is 0 Å². The van der Waals surface area contributed by atoms with Gasteiger partial charge in [0.25, 0.3) is 0 Å². The Morgan fingerprint density at radius 2 is 2.09 bits per heavy atom. The standard InChI is InChI=1S/C26H35FN4O2/c27-24-14-23(31-8-6-30(7-9-31)16-18-5-10-33-17-18)4-2-20(24)11-19(15-28)12-25(32)26-21-1-3-22(13-21)29-26/h2,4,14,18-19,21-22,26,29H,1,3,5-13,16-17H2/t18?,19-,21+,22-,26+/m1/s1. The molecule has 3 heterocycles. The number of piperidine rings is 1. The van der Waals surface area contributed by atoms with Crippen molar-refractivity contribution in [3.05, 3.63) is 29.6 Å². The number of rotatable bonds is 8. The van der Waals surface area contributed by atoms with Crippen LogP contribution in [0.1, 0.15) is 37.7 Å². The second kappa shape index (κ2) is 10.1. The normalized spacial score (nSPS) is 30.5. The number of benzene rings is 1. The number of ketones is 1. The van der Waals surface area contributed by atoms with Crippen molar-refractivity contribution in [1.82, 2.24) is 10.2 Å². The van der Waals surface area contributed by atoms with Gasteiger partial charge in [0.15, 0.2) is 5.78 Å². The number of Topliss-reactive ketones (excluding diaryl/α,β-unsaturated/α-hetero) is 1. The quantitative estimate of drug-likeness (QED) is 0.652. The van der Waals surface area contributed by atoms with Gasteiger partial charge < -0.3 is 15.0 Å². The van der Waals surface area contributed by atoms with Crippen molar-refractivity contribution < 1.29 is 13.9 Å². The average molecular weight is 455 g/mol. The molecule has 0 aromatic heterocycles. The van der Waals surface area contributed by atoms with Crippen LogP contribution in [0.5, 0.6) is 0 Å². The molecule has 2 bridgehead atoms. The van der Waals surface area contributed by atoms with Gasteiger partial charge in [0.05, 0.1) is 24.6 Å². The smallest absolute Gasteiger partial charge is 0.151 e. The van der Waals surface area contributed by atoms with E-state index in [2.05, 4.69) is 21.2 Å². The number of anilines is 1. The summed E-state index contributed by atoms with van der Waals surface area (Å²) in [5.41, 5.74) is 1.43. The van der Waals surface area contributed by atoms with Crippen LogP contribution in [0.2, 0.25) is 0 Å². The van der Waals surface area contributed by atoms with Gasteiger partial charge in [-0.25, -0.2) is 4.39 Å². The minimum absolute atomic E-state index is 0.105. The summed E-state index contributed by atoms with van der Waals surface area (Å²) < 4.78 is 20.4. The predicted octanol–water partition coefficient (Wildman–Crippen LogP) is 2.77. The number of carbonyl (C=O) groups excluding carboxylic acids is 1. The van der Waals surface area contributed by atoms with E-state index in [9.17, 15) is 14.4 Å². The molecule has 4 aliphatic rings. The number of halogens is 1. The largest absolute Gasteiger partial charge is 0.381 e. The van der Waals surface area contributed by atoms with Crippen LogP contribution >= 0.6 is 0 Å². The molecule has 1 saturated carbocycles. The summed E-state index contributed by atoms with van der Waals surface area (Å²) in [7, 11) is 0. The van der Waals surface area contributed by atoms with Crippen LogP contribution < -0.4 is 10.2 Å². The molecule has 3 aliphatic heterocycles. The Kier molecular flexibility index (Phi) is 6.96. The minimum atomic E-state index is -0.484. The summed E-state index contributed by atoms with van der Waals surface area (Å²) in [6, 6.07) is 7.98. The molecule has 4 fully saturated rings. The molecule has 0 spiro atoms. The summed E-state index contributed by atoms with van der Waals surface area (Å²) in [4.78, 5) is 17.5. The third kappa shape index (κ3) is 5.24. The van der Waals surface area contributed by atoms with Crippen LogP contribution in [-0.4, -0.2) is 68.7 Å². The Morgan fingerprint density at radius 1 is 1.24 bits per heavy atom. The summed E-state index contributed by atoms with van der Waals surface area (Å²) in [6.07, 6.45) is 4.97. The Labute approximate surface area is 196 Å². The zero-order valence-electron chi connectivity index (χ0n) is 19.3. The van der Waals surface area contributed by atoms with E-state index in [0.717, 1.165) is 77.3 Å². The molecule has 0 radical (unpaired) electrons. The first-order chi connectivity index (χ1) is 16.1. The highest BCUT2D eigenvalue weighted by atomic mass is 19.1. The number of fused-ring (bicyclic) bond motifs is 2. The average Bonchev–Trinajstić information content (AvgIpc) is 3.59. The van der Waals surface area contributed by atoms with E-state index in [4.69, 9.17) is 4.74 Å². The minimum Gasteiger partial charge on any atom is -0.381 e. The van der Waals surface area contributed by atoms with Crippen molar-refractivity contribution >= 4 is 11.5 Å². The lowest BCUT2D eigenvalue weighted by Crippen LogP contribution is -2.47. The van der Waals surface area contributed by atoms with Crippen molar-refractivity contribution in [1.29, 1.82) is 5.26 Å². The van der Waals surface area contributed by atoms with Crippen molar-refractivity contribution in [2.45, 2.75) is 50.6 Å². The summed E-state index contributed by atoms with van der Waals surface area (Å²) in [5.74, 6) is 0.427. The zero-order chi connectivity index (χ0) is 22.8. The van der Waals surface area contributed by atoms with E-state index in [1.807, 2.05) is 6.07 Å². The van der Waals surface area contributed by atoms with Crippen LogP contribution in [0.25, 0.3) is 0 Å². The number of nitrogens with one attached hydrogen (secondary N) is 1. The lowest BCUT2D eigenvalue weighted by atomic mass is 9.88. The molecular weight excluding hydrogens is 419 g/mol. The third-order valence-electron chi connectivity index (χ3n) is 8.12. The monoisotopic (exact) mass is 454 g/mol. The summed E-state index contributed by atoms with van der Waals surface area (Å²) in [6.45, 7) is 6.59. The maximum atomic E-state index is 15.0. The van der Waals surface area contributed by atoms with Crippen molar-refractivity contribution in [2.75, 3.05) is 50.8 Å². The zero-order valence-corrected chi connectivity index (χ0v) is 19.3. The van der Waals surface area contributed by atoms with E-state index in [-0.39, 0.29) is 30.5 Å². The molecule has 1 aliphatic carbocycles. The summed E-state index contributed by atoms with van der Waals surface area (Å²) >= 11 is 0. The fourth-order valence-electron chi connectivity index (χ4n) is 6.19. The molecule has 0 amide bonds. The molecule has 6 nitrogen and oxygen atoms in total. The van der Waals surface area contributed by atoms with Gasteiger partial charge in [-0.15, -0.1) is 0 Å². The fourth-order valence-corrected chi connectivity index (χ4v) is 6.19. The second-order valence-corrected chi connectivity index (χ2v) is 10.4. The Balaban J connectivity index is 1.13. The molecule has 178 valence electrons. The van der Waals surface area contributed by atoms with Gasteiger partial charge in [-0.3, -0.25) is 9.69 Å². The van der Waals surface area contributed by atoms with Crippen molar-refractivity contribution in [2.24, 2.45) is 17.8 Å². The number of carbonyl (C=O) groups is 1. The maximum Gasteiger partial charge on any atom is 0.151 e. The summed E-state index contributed by atoms with van der Waals surface area (Å²) in [5, 5.41) is 13.0. The molecule has 7 heteroatoms. The van der Waals surface area contributed by atoms with Crippen LogP contribution in [0.3, 0.4) is 0 Å². The van der Waals surface area contributed by atoms with Crippen molar-refractivity contribution in [3.63, 3.8) is 0 Å². The van der Waals surface area contributed by atoms with Crippen molar-refractivity contribution in [3.8, 4) is 6.07 Å². The van der Waals surface area contributed by atoms with Crippen LogP contribution in [0.4, 0.5) is 10.1 Å². The number of nitriles is 1. The third-order valence-corrected chi connectivity index (χ3v) is 8.12. The van der Waals surface area contributed by atoms with Gasteiger partial charge in [0.1, 0.15) is 5.82 Å². The van der Waals surface area contributed by atoms with Crippen LogP contribution in [-0.2, 0) is 16.0 Å². The lowest BCUT2D eigenvalue weighted by Gasteiger charge is -2.37. The lowest BCUT2D eigenvalue weighted by molar-refractivity contribution is -0.122. The first kappa shape index (κ1) is 22.8. The number of nitrogens with zero attached hydrogens (tertiary/aromatic N) is 3. The van der Waals surface area contributed by atoms with E-state index >= 15 is 0 Å². The van der Waals surface area contributed by atoms with E-state index in [1.54, 1.807) is 12.1 Å². The molecule has 3 saturated heterocycles. The molecule has 1 N–H and O–H groups in total. The van der Waals surface area contributed by atoms with Gasteiger partial charge in [-0.1, -0.05) is 6.07 Å². The highest BCUT2D eigenvalue weighted by Crippen LogP contribution is 2.36. The van der Waals surface area contributed by atoms with Crippen LogP contribution in [0.15, 0.2) is 18.2 Å². The highest BCUT2D eigenvalue weighted by molar-refractivity contribution is 5.85. The first-order valence-corrected chi connectivity index (χ1v) is 12.6. The van der Waals surface area contributed by atoms with E-state index in [0.29, 0.717) is 23.4 Å². The molecule has 1 aromatic rings. The van der Waals surface area contributed by atoms with Crippen LogP contribution in [0, 0.1) is 34.9 Å². The van der Waals surface area contributed by atoms with Gasteiger partial charge in [0.2, 0.25) is 0 Å². The van der Waals surface area contributed by atoms with E-state index < -0.39 is 5.92 Å². The molecular formula is C26H35FN4O2. The molecule has 1 unspecified atom stereocenters. The number of ether oxygens (including phenoxy) is 1. The fraction of sp³-hybridized carbons (Fsp3) is 0.692. The molecule has 33 heavy (non-hydrogen) atoms. The Hall–Kier alpha value is -2.01. The van der Waals surface area contributed by atoms with Gasteiger partial charge >= 0.3 is 0 Å². The molecule has 5 atom stereocenters. The predicted molar refractivity (Wildman–Crippen MR) is 124 cm³/mol. The molecule has 5 rings (SSSR count). The SMILES string of the molecule is N#C[C@@H](CC(=O)[C@H]1N[C@@H]2CC[C@H]1C2)Cc1ccc(N2CCN(CC3CCOC3)CC2)cc1F. The Morgan fingerprint density at radius 3 is 2.73 bits per heavy atom. The van der Waals surface area contributed by atoms with Gasteiger partial charge in [0, 0.05) is 57.5 Å². The topological polar surface area (TPSA) is 68.6 Å². The second-order valence-electron chi connectivity index (χ2n) is 10.4. The number of hydrogen-bond donors (Lipinski definition) is 1. The van der Waals surface area contributed by atoms with Gasteiger partial charge in [-0.05, 0) is 61.6 Å². The first-order valence-electron chi connectivity index (χ1n) is 12.6.